The molecule has 23 heteroatoms. The van der Waals surface area contributed by atoms with Crippen LogP contribution in [0, 0.1) is 5.92 Å². The number of carbonyl (C=O) groups excluding carboxylic acids is 7. The molecule has 60 heavy (non-hydrogen) atoms. The number of hydrogen-bond acceptors (Lipinski definition) is 13. The van der Waals surface area contributed by atoms with Crippen molar-refractivity contribution in [3.8, 4) is 0 Å². The Kier molecular flexibility index (Phi) is 20.3. The van der Waals surface area contributed by atoms with Crippen LogP contribution in [0.3, 0.4) is 0 Å². The van der Waals surface area contributed by atoms with Crippen molar-refractivity contribution in [1.29, 1.82) is 0 Å². The van der Waals surface area contributed by atoms with E-state index >= 15 is 0 Å². The number of amides is 7. The highest BCUT2D eigenvalue weighted by Crippen LogP contribution is 2.12. The van der Waals surface area contributed by atoms with Crippen molar-refractivity contribution in [3.05, 3.63) is 54.1 Å². The molecule has 0 aliphatic heterocycles. The summed E-state index contributed by atoms with van der Waals surface area (Å²) in [5, 5.41) is 53.2. The third-order valence-corrected chi connectivity index (χ3v) is 9.22. The summed E-state index contributed by atoms with van der Waals surface area (Å²) in [6.45, 7) is 3.48. The molecule has 0 saturated heterocycles. The van der Waals surface area contributed by atoms with E-state index in [0.717, 1.165) is 0 Å². The summed E-state index contributed by atoms with van der Waals surface area (Å²) < 4.78 is 0. The van der Waals surface area contributed by atoms with Gasteiger partial charge in [0.15, 0.2) is 0 Å². The molecular formula is C37H54N10O13. The first-order valence-electron chi connectivity index (χ1n) is 18.9. The van der Waals surface area contributed by atoms with Gasteiger partial charge in [0.25, 0.3) is 0 Å². The van der Waals surface area contributed by atoms with Gasteiger partial charge >= 0.3 is 11.9 Å². The summed E-state index contributed by atoms with van der Waals surface area (Å²) in [5.74, 6) is -10.4. The van der Waals surface area contributed by atoms with Gasteiger partial charge in [0.1, 0.15) is 36.3 Å². The second-order valence-electron chi connectivity index (χ2n) is 14.0. The largest absolute Gasteiger partial charge is 0.481 e. The van der Waals surface area contributed by atoms with Crippen molar-refractivity contribution in [1.82, 2.24) is 41.9 Å². The van der Waals surface area contributed by atoms with Gasteiger partial charge in [-0.2, -0.15) is 0 Å². The fraction of sp³-hybridized carbons (Fsp3) is 0.514. The standard InChI is InChI=1S/C37H54N10O13/c1-4-18(2)29(35(57)44-25(37(59)60)14-27(39)50)46-36(58)30(19(3)49)47-33(55)23(12-20-8-6-5-7-9-20)42-32(54)24(13-21-15-40-17-41-21)43-34(56)26(16-48)45-31(53)22(38)10-11-28(51)52/h5-9,15,17-19,22-26,29-30,48-49H,4,10-14,16,38H2,1-3H3,(H2,39,50)(H,40,41)(H,42,54)(H,43,56)(H,44,57)(H,45,53)(H,46,58)(H,47,55)(H,51,52)(H,59,60). The summed E-state index contributed by atoms with van der Waals surface area (Å²) in [4.78, 5) is 121. The quantitative estimate of drug-likeness (QED) is 0.0426. The molecule has 0 spiro atoms. The number of primary amides is 1. The zero-order chi connectivity index (χ0) is 45.1. The van der Waals surface area contributed by atoms with Crippen LogP contribution in [0.15, 0.2) is 42.9 Å². The molecule has 0 fully saturated rings. The summed E-state index contributed by atoms with van der Waals surface area (Å²) in [6, 6.07) is -2.52. The number of imidazole rings is 1. The maximum absolute atomic E-state index is 14.0. The molecular weight excluding hydrogens is 792 g/mol. The molecule has 1 heterocycles. The van der Waals surface area contributed by atoms with Gasteiger partial charge in [-0.1, -0.05) is 50.6 Å². The Morgan fingerprint density at radius 3 is 1.78 bits per heavy atom. The average molecular weight is 847 g/mol. The smallest absolute Gasteiger partial charge is 0.326 e. The average Bonchev–Trinajstić information content (AvgIpc) is 3.71. The number of carbonyl (C=O) groups is 9. The number of benzene rings is 1. The van der Waals surface area contributed by atoms with E-state index < -0.39 is 127 Å². The van der Waals surface area contributed by atoms with Crippen molar-refractivity contribution in [3.63, 3.8) is 0 Å². The van der Waals surface area contributed by atoms with Crippen LogP contribution in [-0.2, 0) is 56.0 Å². The van der Waals surface area contributed by atoms with Gasteiger partial charge in [0.2, 0.25) is 41.4 Å². The van der Waals surface area contributed by atoms with E-state index in [-0.39, 0.29) is 19.3 Å². The van der Waals surface area contributed by atoms with Crippen LogP contribution >= 0.6 is 0 Å². The number of rotatable bonds is 26. The zero-order valence-corrected chi connectivity index (χ0v) is 33.3. The van der Waals surface area contributed by atoms with Gasteiger partial charge in [-0.3, -0.25) is 38.4 Å². The molecule has 1 aromatic carbocycles. The first-order chi connectivity index (χ1) is 28.3. The third-order valence-electron chi connectivity index (χ3n) is 9.22. The number of carboxylic acids is 2. The molecule has 9 atom stereocenters. The van der Waals surface area contributed by atoms with Crippen molar-refractivity contribution < 1.29 is 63.6 Å². The van der Waals surface area contributed by atoms with Gasteiger partial charge in [0, 0.05) is 31.2 Å². The van der Waals surface area contributed by atoms with E-state index in [1.54, 1.807) is 44.2 Å². The van der Waals surface area contributed by atoms with Crippen LogP contribution in [0.4, 0.5) is 0 Å². The zero-order valence-electron chi connectivity index (χ0n) is 33.3. The summed E-state index contributed by atoms with van der Waals surface area (Å²) in [7, 11) is 0. The Hall–Kier alpha value is -6.46. The number of nitrogens with two attached hydrogens (primary N) is 2. The van der Waals surface area contributed by atoms with Gasteiger partial charge in [-0.25, -0.2) is 9.78 Å². The lowest BCUT2D eigenvalue weighted by Crippen LogP contribution is -2.62. The highest BCUT2D eigenvalue weighted by Gasteiger charge is 2.36. The molecule has 9 unspecified atom stereocenters. The first kappa shape index (κ1) is 49.7. The Labute approximate surface area is 344 Å². The molecule has 23 nitrogen and oxygen atoms in total. The molecule has 1 aromatic heterocycles. The number of aliphatic hydroxyl groups is 2. The van der Waals surface area contributed by atoms with E-state index in [1.807, 2.05) is 0 Å². The Bertz CT molecular complexity index is 1790. The number of aliphatic hydroxyl groups excluding tert-OH is 2. The molecule has 15 N–H and O–H groups in total. The summed E-state index contributed by atoms with van der Waals surface area (Å²) in [5.41, 5.74) is 11.7. The monoisotopic (exact) mass is 846 g/mol. The van der Waals surface area contributed by atoms with E-state index in [0.29, 0.717) is 17.7 Å². The van der Waals surface area contributed by atoms with Crippen molar-refractivity contribution in [2.45, 2.75) is 108 Å². The van der Waals surface area contributed by atoms with Crippen molar-refractivity contribution in [2.75, 3.05) is 6.61 Å². The Morgan fingerprint density at radius 2 is 1.27 bits per heavy atom. The van der Waals surface area contributed by atoms with Crippen LogP contribution in [-0.4, -0.2) is 139 Å². The molecule has 0 saturated carbocycles. The fourth-order valence-corrected chi connectivity index (χ4v) is 5.58. The van der Waals surface area contributed by atoms with Gasteiger partial charge in [-0.15, -0.1) is 0 Å². The lowest BCUT2D eigenvalue weighted by atomic mass is 9.96. The van der Waals surface area contributed by atoms with Crippen LogP contribution in [0.2, 0.25) is 0 Å². The van der Waals surface area contributed by atoms with Crippen LogP contribution < -0.4 is 43.4 Å². The molecule has 0 radical (unpaired) electrons. The fourth-order valence-electron chi connectivity index (χ4n) is 5.58. The van der Waals surface area contributed by atoms with Crippen LogP contribution in [0.1, 0.15) is 57.7 Å². The Morgan fingerprint density at radius 1 is 0.733 bits per heavy atom. The van der Waals surface area contributed by atoms with E-state index in [1.165, 1.54) is 19.4 Å². The highest BCUT2D eigenvalue weighted by molar-refractivity contribution is 5.97. The van der Waals surface area contributed by atoms with Gasteiger partial charge in [0.05, 0.1) is 31.5 Å². The summed E-state index contributed by atoms with van der Waals surface area (Å²) in [6.07, 6.45) is -0.531. The van der Waals surface area contributed by atoms with E-state index in [9.17, 15) is 58.5 Å². The predicted octanol–water partition coefficient (Wildman–Crippen LogP) is -4.33. The van der Waals surface area contributed by atoms with E-state index in [2.05, 4.69) is 41.9 Å². The van der Waals surface area contributed by atoms with Gasteiger partial charge < -0.3 is 68.8 Å². The number of hydrogen-bond donors (Lipinski definition) is 13. The van der Waals surface area contributed by atoms with Crippen molar-refractivity contribution >= 4 is 53.3 Å². The van der Waals surface area contributed by atoms with Crippen LogP contribution in [0.25, 0.3) is 0 Å². The molecule has 0 aliphatic rings. The first-order valence-corrected chi connectivity index (χ1v) is 18.9. The van der Waals surface area contributed by atoms with Gasteiger partial charge in [-0.05, 0) is 24.8 Å². The van der Waals surface area contributed by atoms with E-state index in [4.69, 9.17) is 16.6 Å². The predicted molar refractivity (Wildman–Crippen MR) is 209 cm³/mol. The van der Waals surface area contributed by atoms with Crippen molar-refractivity contribution in [2.24, 2.45) is 17.4 Å². The number of aromatic nitrogens is 2. The molecule has 330 valence electrons. The maximum atomic E-state index is 14.0. The minimum Gasteiger partial charge on any atom is -0.481 e. The third kappa shape index (κ3) is 16.4. The normalized spacial score (nSPS) is 15.5. The highest BCUT2D eigenvalue weighted by atomic mass is 16.4. The maximum Gasteiger partial charge on any atom is 0.326 e. The number of aromatic amines is 1. The molecule has 0 aliphatic carbocycles. The topological polar surface area (TPSA) is 387 Å². The second-order valence-corrected chi connectivity index (χ2v) is 14.0. The molecule has 0 bridgehead atoms. The minimum atomic E-state index is -1.75. The molecule has 7 amide bonds. The Balaban J connectivity index is 2.39. The number of aliphatic carboxylic acids is 2. The number of carboxylic acid groups (broad SMARTS) is 2. The SMILES string of the molecule is CCC(C)C(NC(=O)C(NC(=O)C(Cc1ccccc1)NC(=O)C(Cc1cnc[nH]1)NC(=O)C(CO)NC(=O)C(N)CCC(=O)O)C(C)O)C(=O)NC(CC(N)=O)C(=O)O. The second kappa shape index (κ2) is 24.5. The number of nitrogens with one attached hydrogen (secondary N) is 7. The number of H-pyrrole nitrogens is 1. The summed E-state index contributed by atoms with van der Waals surface area (Å²) >= 11 is 0. The molecule has 2 aromatic rings. The minimum absolute atomic E-state index is 0.185. The lowest BCUT2D eigenvalue weighted by molar-refractivity contribution is -0.144. The number of nitrogens with zero attached hydrogens (tertiary/aromatic N) is 1. The van der Waals surface area contributed by atoms with Crippen LogP contribution in [0.5, 0.6) is 0 Å². The lowest BCUT2D eigenvalue weighted by Gasteiger charge is -2.30. The molecule has 2 rings (SSSR count).